The zero-order valence-corrected chi connectivity index (χ0v) is 12.4. The van der Waals surface area contributed by atoms with Gasteiger partial charge in [0.25, 0.3) is 10.0 Å². The molecule has 112 valence electrons. The summed E-state index contributed by atoms with van der Waals surface area (Å²) < 4.78 is 32.6. The van der Waals surface area contributed by atoms with E-state index in [-0.39, 0.29) is 11.1 Å². The SMILES string of the molecule is CN1CCC(NS(=O)(=O)c2ccc(CNC3CC3)o2)C1. The molecule has 3 rings (SSSR count). The predicted octanol–water partition coefficient (Wildman–Crippen LogP) is 0.514. The van der Waals surface area contributed by atoms with E-state index in [1.54, 1.807) is 6.07 Å². The predicted molar refractivity (Wildman–Crippen MR) is 74.8 cm³/mol. The van der Waals surface area contributed by atoms with Crippen LogP contribution in [-0.2, 0) is 16.6 Å². The fourth-order valence-corrected chi connectivity index (χ4v) is 3.65. The Balaban J connectivity index is 1.61. The van der Waals surface area contributed by atoms with Crippen LogP contribution in [0.5, 0.6) is 0 Å². The standard InChI is InChI=1S/C13H21N3O3S/c1-16-7-6-11(9-16)15-20(17,18)13-5-4-12(19-13)8-14-10-2-3-10/h4-5,10-11,14-15H,2-3,6-9H2,1H3. The largest absolute Gasteiger partial charge is 0.447 e. The van der Waals surface area contributed by atoms with Gasteiger partial charge in [-0.1, -0.05) is 0 Å². The highest BCUT2D eigenvalue weighted by atomic mass is 32.2. The van der Waals surface area contributed by atoms with E-state index in [4.69, 9.17) is 4.42 Å². The zero-order chi connectivity index (χ0) is 14.2. The number of likely N-dealkylation sites (N-methyl/N-ethyl adjacent to an activating group) is 1. The van der Waals surface area contributed by atoms with Gasteiger partial charge in [-0.25, -0.2) is 13.1 Å². The first-order valence-electron chi connectivity index (χ1n) is 7.06. The molecule has 1 aliphatic carbocycles. The van der Waals surface area contributed by atoms with Crippen LogP contribution >= 0.6 is 0 Å². The maximum absolute atomic E-state index is 12.2. The Kier molecular flexibility index (Phi) is 3.85. The highest BCUT2D eigenvalue weighted by Gasteiger charge is 2.27. The first kappa shape index (κ1) is 14.1. The lowest BCUT2D eigenvalue weighted by Crippen LogP contribution is -2.36. The molecular formula is C13H21N3O3S. The molecule has 2 fully saturated rings. The summed E-state index contributed by atoms with van der Waals surface area (Å²) in [6.45, 7) is 2.25. The fourth-order valence-electron chi connectivity index (χ4n) is 2.44. The average Bonchev–Trinajstić information content (AvgIpc) is 2.93. The van der Waals surface area contributed by atoms with Gasteiger partial charge in [0.2, 0.25) is 5.09 Å². The molecule has 20 heavy (non-hydrogen) atoms. The lowest BCUT2D eigenvalue weighted by molar-refractivity contribution is 0.392. The van der Waals surface area contributed by atoms with Crippen molar-refractivity contribution >= 4 is 10.0 Å². The van der Waals surface area contributed by atoms with Crippen LogP contribution in [0, 0.1) is 0 Å². The molecule has 7 heteroatoms. The number of hydrogen-bond acceptors (Lipinski definition) is 5. The third-order valence-electron chi connectivity index (χ3n) is 3.76. The number of nitrogens with one attached hydrogen (secondary N) is 2. The van der Waals surface area contributed by atoms with Crippen molar-refractivity contribution in [3.8, 4) is 0 Å². The van der Waals surface area contributed by atoms with E-state index in [1.165, 1.54) is 18.9 Å². The topological polar surface area (TPSA) is 74.6 Å². The molecule has 1 unspecified atom stereocenters. The fraction of sp³-hybridized carbons (Fsp3) is 0.692. The van der Waals surface area contributed by atoms with Crippen molar-refractivity contribution in [2.75, 3.05) is 20.1 Å². The summed E-state index contributed by atoms with van der Waals surface area (Å²) in [7, 11) is -1.55. The second-order valence-corrected chi connectivity index (χ2v) is 7.39. The zero-order valence-electron chi connectivity index (χ0n) is 11.6. The molecule has 0 aromatic carbocycles. The Bertz CT molecular complexity index is 565. The molecule has 2 heterocycles. The molecule has 1 atom stereocenters. The second kappa shape index (κ2) is 5.48. The third-order valence-corrected chi connectivity index (χ3v) is 5.15. The van der Waals surface area contributed by atoms with Crippen LogP contribution in [0.4, 0.5) is 0 Å². The van der Waals surface area contributed by atoms with Gasteiger partial charge in [-0.2, -0.15) is 0 Å². The quantitative estimate of drug-likeness (QED) is 0.801. The van der Waals surface area contributed by atoms with Gasteiger partial charge in [0.05, 0.1) is 6.54 Å². The van der Waals surface area contributed by atoms with Crippen LogP contribution in [0.15, 0.2) is 21.6 Å². The molecule has 0 spiro atoms. The van der Waals surface area contributed by atoms with Crippen molar-refractivity contribution in [1.82, 2.24) is 14.9 Å². The van der Waals surface area contributed by atoms with Gasteiger partial charge in [-0.05, 0) is 45.0 Å². The van der Waals surface area contributed by atoms with Crippen molar-refractivity contribution in [2.24, 2.45) is 0 Å². The Labute approximate surface area is 119 Å². The highest BCUT2D eigenvalue weighted by molar-refractivity contribution is 7.89. The Morgan fingerprint density at radius 2 is 2.10 bits per heavy atom. The lowest BCUT2D eigenvalue weighted by Gasteiger charge is -2.11. The van der Waals surface area contributed by atoms with Crippen molar-refractivity contribution in [3.63, 3.8) is 0 Å². The minimum atomic E-state index is -3.54. The van der Waals surface area contributed by atoms with E-state index in [2.05, 4.69) is 14.9 Å². The summed E-state index contributed by atoms with van der Waals surface area (Å²) in [5, 5.41) is 3.31. The first-order chi connectivity index (χ1) is 9.53. The number of rotatable bonds is 6. The van der Waals surface area contributed by atoms with Gasteiger partial charge in [0.15, 0.2) is 0 Å². The van der Waals surface area contributed by atoms with E-state index in [1.807, 2.05) is 7.05 Å². The van der Waals surface area contributed by atoms with Crippen LogP contribution in [0.2, 0.25) is 0 Å². The smallest absolute Gasteiger partial charge is 0.274 e. The van der Waals surface area contributed by atoms with Crippen LogP contribution in [0.3, 0.4) is 0 Å². The van der Waals surface area contributed by atoms with E-state index < -0.39 is 10.0 Å². The molecule has 6 nitrogen and oxygen atoms in total. The maximum atomic E-state index is 12.2. The van der Waals surface area contributed by atoms with Gasteiger partial charge < -0.3 is 14.6 Å². The third kappa shape index (κ3) is 3.41. The van der Waals surface area contributed by atoms with Gasteiger partial charge in [-0.3, -0.25) is 0 Å². The molecule has 2 aliphatic rings. The van der Waals surface area contributed by atoms with Gasteiger partial charge in [0.1, 0.15) is 5.76 Å². The number of furan rings is 1. The number of nitrogens with zero attached hydrogens (tertiary/aromatic N) is 1. The van der Waals surface area contributed by atoms with Crippen molar-refractivity contribution < 1.29 is 12.8 Å². The van der Waals surface area contributed by atoms with Crippen LogP contribution in [0.25, 0.3) is 0 Å². The molecular weight excluding hydrogens is 278 g/mol. The maximum Gasteiger partial charge on any atom is 0.274 e. The van der Waals surface area contributed by atoms with Gasteiger partial charge in [0, 0.05) is 18.6 Å². The van der Waals surface area contributed by atoms with Crippen LogP contribution in [-0.4, -0.2) is 45.5 Å². The summed E-state index contributed by atoms with van der Waals surface area (Å²) >= 11 is 0. The molecule has 1 saturated heterocycles. The van der Waals surface area contributed by atoms with Crippen molar-refractivity contribution in [3.05, 3.63) is 17.9 Å². The Morgan fingerprint density at radius 1 is 1.30 bits per heavy atom. The molecule has 1 aromatic rings. The number of likely N-dealkylation sites (tertiary alicyclic amines) is 1. The van der Waals surface area contributed by atoms with Crippen molar-refractivity contribution in [1.29, 1.82) is 0 Å². The Hall–Kier alpha value is -0.890. The minimum absolute atomic E-state index is 0.0136. The Morgan fingerprint density at radius 3 is 2.75 bits per heavy atom. The summed E-state index contributed by atoms with van der Waals surface area (Å²) in [6.07, 6.45) is 3.23. The summed E-state index contributed by atoms with van der Waals surface area (Å²) in [6, 6.07) is 3.81. The normalized spacial score (nSPS) is 24.4. The van der Waals surface area contributed by atoms with Crippen molar-refractivity contribution in [2.45, 2.75) is 43.0 Å². The number of hydrogen-bond donors (Lipinski definition) is 2. The lowest BCUT2D eigenvalue weighted by atomic mass is 10.3. The number of sulfonamides is 1. The first-order valence-corrected chi connectivity index (χ1v) is 8.54. The van der Waals surface area contributed by atoms with Crippen LogP contribution < -0.4 is 10.0 Å². The molecule has 2 N–H and O–H groups in total. The average molecular weight is 299 g/mol. The molecule has 1 aliphatic heterocycles. The molecule has 1 aromatic heterocycles. The summed E-state index contributed by atoms with van der Waals surface area (Å²) in [5.74, 6) is 0.667. The van der Waals surface area contributed by atoms with Crippen LogP contribution in [0.1, 0.15) is 25.0 Å². The van der Waals surface area contributed by atoms with Gasteiger partial charge in [-0.15, -0.1) is 0 Å². The monoisotopic (exact) mass is 299 g/mol. The molecule has 0 radical (unpaired) electrons. The summed E-state index contributed by atoms with van der Waals surface area (Å²) in [4.78, 5) is 2.11. The van der Waals surface area contributed by atoms with Gasteiger partial charge >= 0.3 is 0 Å². The minimum Gasteiger partial charge on any atom is -0.447 e. The summed E-state index contributed by atoms with van der Waals surface area (Å²) in [5.41, 5.74) is 0. The van der Waals surface area contributed by atoms with E-state index >= 15 is 0 Å². The highest BCUT2D eigenvalue weighted by Crippen LogP contribution is 2.21. The molecule has 0 amide bonds. The van der Waals surface area contributed by atoms with E-state index in [0.717, 1.165) is 19.5 Å². The van der Waals surface area contributed by atoms with E-state index in [0.29, 0.717) is 18.3 Å². The molecule has 1 saturated carbocycles. The second-order valence-electron chi connectivity index (χ2n) is 5.75. The van der Waals surface area contributed by atoms with E-state index in [9.17, 15) is 8.42 Å². The molecule has 0 bridgehead atoms.